The number of benzene rings is 1. The van der Waals surface area contributed by atoms with Crippen molar-refractivity contribution in [2.45, 2.75) is 32.9 Å². The lowest BCUT2D eigenvalue weighted by molar-refractivity contribution is -0.143. The van der Waals surface area contributed by atoms with Crippen LogP contribution in [0.25, 0.3) is 0 Å². The van der Waals surface area contributed by atoms with Crippen molar-refractivity contribution in [1.82, 2.24) is 10.6 Å². The first kappa shape index (κ1) is 16.0. The number of esters is 1. The van der Waals surface area contributed by atoms with Gasteiger partial charge in [-0.05, 0) is 44.6 Å². The van der Waals surface area contributed by atoms with Crippen molar-refractivity contribution >= 4 is 39.2 Å². The third-order valence-electron chi connectivity index (χ3n) is 3.05. The van der Waals surface area contributed by atoms with E-state index < -0.39 is 0 Å². The van der Waals surface area contributed by atoms with Gasteiger partial charge in [0.2, 0.25) is 0 Å². The number of thiocarbonyl (C=S) groups is 1. The maximum atomic E-state index is 12.4. The Morgan fingerprint density at radius 3 is 2.67 bits per heavy atom. The van der Waals surface area contributed by atoms with Crippen LogP contribution in [0, 0.1) is 0 Å². The lowest BCUT2D eigenvalue weighted by Gasteiger charge is -2.30. The molecular weight excluding hydrogens is 352 g/mol. The molecule has 6 heteroatoms. The van der Waals surface area contributed by atoms with Crippen molar-refractivity contribution in [3.05, 3.63) is 45.6 Å². The third-order valence-corrected chi connectivity index (χ3v) is 3.99. The number of nitrogens with one attached hydrogen (secondary N) is 2. The van der Waals surface area contributed by atoms with E-state index in [9.17, 15) is 4.79 Å². The van der Waals surface area contributed by atoms with Gasteiger partial charge >= 0.3 is 5.97 Å². The summed E-state index contributed by atoms with van der Waals surface area (Å²) in [5.41, 5.74) is 2.20. The average Bonchev–Trinajstić information content (AvgIpc) is 2.37. The van der Waals surface area contributed by atoms with Crippen LogP contribution < -0.4 is 10.6 Å². The predicted octanol–water partition coefficient (Wildman–Crippen LogP) is 3.19. The summed E-state index contributed by atoms with van der Waals surface area (Å²) >= 11 is 8.73. The summed E-state index contributed by atoms with van der Waals surface area (Å²) in [5.74, 6) is -0.342. The van der Waals surface area contributed by atoms with Gasteiger partial charge in [-0.2, -0.15) is 0 Å². The minimum atomic E-state index is -0.342. The smallest absolute Gasteiger partial charge is 0.338 e. The normalized spacial score (nSPS) is 18.3. The van der Waals surface area contributed by atoms with E-state index in [0.717, 1.165) is 10.0 Å². The number of ether oxygens (including phenoxy) is 1. The summed E-state index contributed by atoms with van der Waals surface area (Å²) < 4.78 is 6.26. The summed E-state index contributed by atoms with van der Waals surface area (Å²) in [6, 6.07) is 7.40. The van der Waals surface area contributed by atoms with Gasteiger partial charge in [0.1, 0.15) is 0 Å². The average molecular weight is 369 g/mol. The van der Waals surface area contributed by atoms with E-state index in [2.05, 4.69) is 26.6 Å². The van der Waals surface area contributed by atoms with Gasteiger partial charge in [-0.1, -0.05) is 34.1 Å². The zero-order valence-electron chi connectivity index (χ0n) is 12.1. The van der Waals surface area contributed by atoms with Crippen LogP contribution in [0.2, 0.25) is 0 Å². The van der Waals surface area contributed by atoms with Crippen LogP contribution >= 0.6 is 28.1 Å². The van der Waals surface area contributed by atoms with Gasteiger partial charge < -0.3 is 15.4 Å². The summed E-state index contributed by atoms with van der Waals surface area (Å²) in [7, 11) is 0. The fraction of sp³-hybridized carbons (Fsp3) is 0.333. The van der Waals surface area contributed by atoms with Crippen molar-refractivity contribution in [2.24, 2.45) is 0 Å². The van der Waals surface area contributed by atoms with E-state index in [0.29, 0.717) is 16.4 Å². The highest BCUT2D eigenvalue weighted by atomic mass is 79.9. The van der Waals surface area contributed by atoms with Crippen LogP contribution in [0.5, 0.6) is 0 Å². The molecule has 21 heavy (non-hydrogen) atoms. The molecule has 1 aromatic rings. The Kier molecular flexibility index (Phi) is 5.00. The molecule has 0 unspecified atom stereocenters. The molecule has 0 bridgehead atoms. The van der Waals surface area contributed by atoms with Crippen LogP contribution in [-0.4, -0.2) is 17.2 Å². The number of carbonyl (C=O) groups excluding carboxylic acids is 1. The molecule has 0 aromatic heterocycles. The van der Waals surface area contributed by atoms with E-state index in [1.54, 1.807) is 0 Å². The van der Waals surface area contributed by atoms with Crippen molar-refractivity contribution in [2.75, 3.05) is 0 Å². The Bertz CT molecular complexity index is 613. The fourth-order valence-corrected chi connectivity index (χ4v) is 2.97. The molecule has 0 saturated carbocycles. The number of hydrogen-bond acceptors (Lipinski definition) is 3. The van der Waals surface area contributed by atoms with Crippen LogP contribution in [0.15, 0.2) is 40.0 Å². The molecule has 0 spiro atoms. The Morgan fingerprint density at radius 1 is 1.38 bits per heavy atom. The zero-order chi connectivity index (χ0) is 15.6. The van der Waals surface area contributed by atoms with Crippen LogP contribution in [-0.2, 0) is 9.53 Å². The van der Waals surface area contributed by atoms with Crippen LogP contribution in [0.3, 0.4) is 0 Å². The Labute approximate surface area is 138 Å². The maximum absolute atomic E-state index is 12.4. The van der Waals surface area contributed by atoms with Crippen LogP contribution in [0.4, 0.5) is 0 Å². The minimum Gasteiger partial charge on any atom is -0.459 e. The largest absolute Gasteiger partial charge is 0.459 e. The quantitative estimate of drug-likeness (QED) is 0.633. The summed E-state index contributed by atoms with van der Waals surface area (Å²) in [4.78, 5) is 12.4. The topological polar surface area (TPSA) is 50.4 Å². The van der Waals surface area contributed by atoms with Crippen molar-refractivity contribution in [3.63, 3.8) is 0 Å². The van der Waals surface area contributed by atoms with Crippen molar-refractivity contribution in [1.29, 1.82) is 0 Å². The summed E-state index contributed by atoms with van der Waals surface area (Å²) in [6.45, 7) is 5.49. The number of rotatable bonds is 3. The Morgan fingerprint density at radius 2 is 2.05 bits per heavy atom. The summed E-state index contributed by atoms with van der Waals surface area (Å²) in [5, 5.41) is 6.62. The van der Waals surface area contributed by atoms with Gasteiger partial charge in [0.15, 0.2) is 5.11 Å². The molecule has 112 valence electrons. The standard InChI is InChI=1S/C15H17BrN2O2S/c1-8(2)20-14(19)12-9(3)17-15(21)18-13(12)10-6-4-5-7-11(10)16/h4-8,13H,1-3H3,(H2,17,18,21)/t13-/m0/s1. The predicted molar refractivity (Wildman–Crippen MR) is 89.7 cm³/mol. The zero-order valence-corrected chi connectivity index (χ0v) is 14.5. The van der Waals surface area contributed by atoms with Gasteiger partial charge in [0.25, 0.3) is 0 Å². The molecule has 1 heterocycles. The van der Waals surface area contributed by atoms with Gasteiger partial charge in [-0.3, -0.25) is 0 Å². The van der Waals surface area contributed by atoms with Gasteiger partial charge in [0.05, 0.1) is 17.7 Å². The maximum Gasteiger partial charge on any atom is 0.338 e. The molecular formula is C15H17BrN2O2S. The second-order valence-corrected chi connectivity index (χ2v) is 6.31. The molecule has 0 saturated heterocycles. The molecule has 1 aliphatic rings. The van der Waals surface area contributed by atoms with E-state index in [1.807, 2.05) is 45.0 Å². The van der Waals surface area contributed by atoms with Gasteiger partial charge in [-0.15, -0.1) is 0 Å². The highest BCUT2D eigenvalue weighted by molar-refractivity contribution is 9.10. The number of carbonyl (C=O) groups is 1. The highest BCUT2D eigenvalue weighted by Crippen LogP contribution is 2.32. The molecule has 1 atom stereocenters. The minimum absolute atomic E-state index is 0.174. The third kappa shape index (κ3) is 3.63. The fourth-order valence-electron chi connectivity index (χ4n) is 2.18. The second-order valence-electron chi connectivity index (χ2n) is 5.05. The lowest BCUT2D eigenvalue weighted by atomic mass is 9.96. The highest BCUT2D eigenvalue weighted by Gasteiger charge is 2.32. The van der Waals surface area contributed by atoms with E-state index in [4.69, 9.17) is 17.0 Å². The first-order chi connectivity index (χ1) is 9.90. The number of halogens is 1. The lowest BCUT2D eigenvalue weighted by Crippen LogP contribution is -2.45. The van der Waals surface area contributed by atoms with Gasteiger partial charge in [-0.25, -0.2) is 4.79 Å². The second kappa shape index (κ2) is 6.58. The monoisotopic (exact) mass is 368 g/mol. The first-order valence-corrected chi connectivity index (χ1v) is 7.84. The molecule has 2 rings (SSSR count). The molecule has 0 radical (unpaired) electrons. The Hall–Kier alpha value is -1.40. The molecule has 0 aliphatic carbocycles. The molecule has 0 fully saturated rings. The van der Waals surface area contributed by atoms with E-state index >= 15 is 0 Å². The molecule has 1 aliphatic heterocycles. The molecule has 1 aromatic carbocycles. The summed E-state index contributed by atoms with van der Waals surface area (Å²) in [6.07, 6.45) is -0.174. The van der Waals surface area contributed by atoms with Crippen molar-refractivity contribution in [3.8, 4) is 0 Å². The van der Waals surface area contributed by atoms with Crippen molar-refractivity contribution < 1.29 is 9.53 Å². The Balaban J connectivity index is 2.46. The number of hydrogen-bond donors (Lipinski definition) is 2. The van der Waals surface area contributed by atoms with E-state index in [-0.39, 0.29) is 18.1 Å². The van der Waals surface area contributed by atoms with Gasteiger partial charge in [0, 0.05) is 10.2 Å². The molecule has 0 amide bonds. The first-order valence-electron chi connectivity index (χ1n) is 6.64. The SMILES string of the molecule is CC1=C(C(=O)OC(C)C)[C@H](c2ccccc2Br)NC(=S)N1. The van der Waals surface area contributed by atoms with Crippen LogP contribution in [0.1, 0.15) is 32.4 Å². The molecule has 2 N–H and O–H groups in total. The number of allylic oxidation sites excluding steroid dienone is 1. The van der Waals surface area contributed by atoms with E-state index in [1.165, 1.54) is 0 Å². The molecule has 4 nitrogen and oxygen atoms in total.